The van der Waals surface area contributed by atoms with Gasteiger partial charge in [0.1, 0.15) is 0 Å². The molecule has 8 rings (SSSR count). The summed E-state index contributed by atoms with van der Waals surface area (Å²) in [6, 6.07) is 26.6. The summed E-state index contributed by atoms with van der Waals surface area (Å²) >= 11 is 0. The van der Waals surface area contributed by atoms with Crippen LogP contribution in [0.25, 0.3) is 0 Å². The molecule has 0 radical (unpaired) electrons. The molecule has 4 bridgehead atoms. The smallest absolute Gasteiger partial charge is 0.319 e. The highest BCUT2D eigenvalue weighted by Crippen LogP contribution is 2.55. The van der Waals surface area contributed by atoms with Crippen molar-refractivity contribution in [3.8, 4) is 0 Å². The predicted molar refractivity (Wildman–Crippen MR) is 180 cm³/mol. The molecule has 1 heterocycles. The Kier molecular flexibility index (Phi) is 8.94. The molecule has 1 saturated heterocycles. The van der Waals surface area contributed by atoms with Crippen molar-refractivity contribution in [2.45, 2.75) is 89.1 Å². The van der Waals surface area contributed by atoms with E-state index < -0.39 is 6.29 Å². The van der Waals surface area contributed by atoms with Gasteiger partial charge in [0.2, 0.25) is 0 Å². The fraction of sp³-hybridized carbons (Fsp3) is 0.513. The fourth-order valence-corrected chi connectivity index (χ4v) is 9.15. The van der Waals surface area contributed by atoms with E-state index in [0.717, 1.165) is 65.9 Å². The first-order chi connectivity index (χ1) is 22.3. The number of aliphatic hydroxyl groups excluding tert-OH is 1. The lowest BCUT2D eigenvalue weighted by molar-refractivity contribution is -0.276. The standard InChI is InChI=1S/C39H49N3O4/c1-25-35(23-42(3)26(2)31-7-5-4-6-8-31)45-37(46-36(25)32-11-9-27(24-43)10-12-32)33-13-15-34(16-14-33)40-38(44)41-39-20-28-17-29(21-39)19-30(18-28)22-39/h4-16,25-26,28-30,35-37,43H,17-24H2,1-3H3,(H2,40,41,44). The van der Waals surface area contributed by atoms with Crippen molar-refractivity contribution in [2.75, 3.05) is 18.9 Å². The van der Waals surface area contributed by atoms with Crippen LogP contribution in [-0.2, 0) is 16.1 Å². The first kappa shape index (κ1) is 31.4. The third-order valence-corrected chi connectivity index (χ3v) is 11.4. The molecule has 7 heteroatoms. The van der Waals surface area contributed by atoms with Gasteiger partial charge in [-0.2, -0.15) is 0 Å². The molecule has 1 aliphatic heterocycles. The lowest BCUT2D eigenvalue weighted by Gasteiger charge is -2.56. The van der Waals surface area contributed by atoms with Gasteiger partial charge in [0.25, 0.3) is 0 Å². The molecule has 0 aromatic heterocycles. The van der Waals surface area contributed by atoms with Gasteiger partial charge in [-0.3, -0.25) is 4.90 Å². The molecule has 4 saturated carbocycles. The number of carbonyl (C=O) groups excluding carboxylic acids is 1. The van der Waals surface area contributed by atoms with E-state index in [4.69, 9.17) is 9.47 Å². The number of carbonyl (C=O) groups is 1. The van der Waals surface area contributed by atoms with E-state index in [1.54, 1.807) is 0 Å². The van der Waals surface area contributed by atoms with Crippen LogP contribution in [-0.4, -0.2) is 41.3 Å². The number of amides is 2. The van der Waals surface area contributed by atoms with Gasteiger partial charge in [0.05, 0.1) is 18.8 Å². The van der Waals surface area contributed by atoms with Gasteiger partial charge in [-0.25, -0.2) is 4.79 Å². The summed E-state index contributed by atoms with van der Waals surface area (Å²) in [6.07, 6.45) is 6.63. The summed E-state index contributed by atoms with van der Waals surface area (Å²) in [4.78, 5) is 15.5. The Hall–Kier alpha value is -3.23. The molecule has 244 valence electrons. The SMILES string of the molecule is CC1C(CN(C)C(C)c2ccccc2)OC(c2ccc(NC(=O)NC34CC5CC(CC(C5)C3)C4)cc2)OC1c1ccc(CO)cc1. The third kappa shape index (κ3) is 6.61. The van der Waals surface area contributed by atoms with Gasteiger partial charge >= 0.3 is 6.03 Å². The van der Waals surface area contributed by atoms with Crippen molar-refractivity contribution in [2.24, 2.45) is 23.7 Å². The molecular formula is C39H49N3O4. The highest BCUT2D eigenvalue weighted by Gasteiger charge is 2.51. The number of nitrogens with zero attached hydrogens (tertiary/aromatic N) is 1. The number of ether oxygens (including phenoxy) is 2. The Bertz CT molecular complexity index is 1440. The van der Waals surface area contributed by atoms with Gasteiger partial charge < -0.3 is 25.2 Å². The summed E-state index contributed by atoms with van der Waals surface area (Å²) in [5, 5.41) is 16.1. The zero-order valence-electron chi connectivity index (χ0n) is 27.4. The highest BCUT2D eigenvalue weighted by molar-refractivity contribution is 5.89. The second kappa shape index (κ2) is 13.1. The molecule has 0 spiro atoms. The van der Waals surface area contributed by atoms with Crippen LogP contribution in [0.15, 0.2) is 78.9 Å². The second-order valence-electron chi connectivity index (χ2n) is 14.7. The van der Waals surface area contributed by atoms with Gasteiger partial charge in [-0.1, -0.05) is 73.7 Å². The van der Waals surface area contributed by atoms with Crippen LogP contribution in [0.4, 0.5) is 10.5 Å². The molecule has 3 aromatic carbocycles. The average Bonchev–Trinajstić information content (AvgIpc) is 3.05. The molecule has 3 aromatic rings. The number of benzene rings is 3. The highest BCUT2D eigenvalue weighted by atomic mass is 16.7. The maximum atomic E-state index is 13.2. The molecule has 5 atom stereocenters. The molecule has 2 amide bonds. The van der Waals surface area contributed by atoms with Crippen molar-refractivity contribution in [3.63, 3.8) is 0 Å². The van der Waals surface area contributed by atoms with Gasteiger partial charge in [0, 0.05) is 35.3 Å². The number of hydrogen-bond donors (Lipinski definition) is 3. The van der Waals surface area contributed by atoms with Crippen molar-refractivity contribution >= 4 is 11.7 Å². The number of aliphatic hydroxyl groups is 1. The predicted octanol–water partition coefficient (Wildman–Crippen LogP) is 7.75. The van der Waals surface area contributed by atoms with Crippen molar-refractivity contribution in [1.29, 1.82) is 0 Å². The maximum Gasteiger partial charge on any atom is 0.319 e. The Morgan fingerprint density at radius 2 is 1.50 bits per heavy atom. The van der Waals surface area contributed by atoms with E-state index in [-0.39, 0.29) is 42.3 Å². The van der Waals surface area contributed by atoms with E-state index in [0.29, 0.717) is 0 Å². The molecule has 3 N–H and O–H groups in total. The van der Waals surface area contributed by atoms with Crippen LogP contribution in [0.5, 0.6) is 0 Å². The Morgan fingerprint density at radius 3 is 2.11 bits per heavy atom. The van der Waals surface area contributed by atoms with Crippen molar-refractivity contribution in [1.82, 2.24) is 10.2 Å². The maximum absolute atomic E-state index is 13.2. The minimum atomic E-state index is -0.556. The number of rotatable bonds is 9. The van der Waals surface area contributed by atoms with Gasteiger partial charge in [-0.05, 0) is 99.1 Å². The Balaban J connectivity index is 1.05. The summed E-state index contributed by atoms with van der Waals surface area (Å²) in [5.41, 5.74) is 4.88. The monoisotopic (exact) mass is 623 g/mol. The summed E-state index contributed by atoms with van der Waals surface area (Å²) in [6.45, 7) is 5.18. The quantitative estimate of drug-likeness (QED) is 0.227. The van der Waals surface area contributed by atoms with Gasteiger partial charge in [-0.15, -0.1) is 0 Å². The zero-order valence-corrected chi connectivity index (χ0v) is 27.4. The van der Waals surface area contributed by atoms with Crippen LogP contribution < -0.4 is 10.6 Å². The summed E-state index contributed by atoms with van der Waals surface area (Å²) in [5.74, 6) is 2.44. The van der Waals surface area contributed by atoms with Crippen molar-refractivity contribution in [3.05, 3.63) is 101 Å². The van der Waals surface area contributed by atoms with E-state index in [9.17, 15) is 9.90 Å². The Labute approximate surface area is 273 Å². The minimum absolute atomic E-state index is 0.0127. The number of hydrogen-bond acceptors (Lipinski definition) is 5. The average molecular weight is 624 g/mol. The molecule has 5 unspecified atom stereocenters. The number of nitrogens with one attached hydrogen (secondary N) is 2. The van der Waals surface area contributed by atoms with Crippen LogP contribution >= 0.6 is 0 Å². The van der Waals surface area contributed by atoms with E-state index in [2.05, 4.69) is 72.8 Å². The first-order valence-corrected chi connectivity index (χ1v) is 17.2. The lowest BCUT2D eigenvalue weighted by atomic mass is 9.53. The van der Waals surface area contributed by atoms with E-state index in [1.165, 1.54) is 24.8 Å². The number of anilines is 1. The molecule has 46 heavy (non-hydrogen) atoms. The topological polar surface area (TPSA) is 83.1 Å². The molecule has 7 nitrogen and oxygen atoms in total. The largest absolute Gasteiger partial charge is 0.392 e. The molecule has 4 aliphatic carbocycles. The summed E-state index contributed by atoms with van der Waals surface area (Å²) in [7, 11) is 2.15. The van der Waals surface area contributed by atoms with Crippen LogP contribution in [0, 0.1) is 23.7 Å². The lowest BCUT2D eigenvalue weighted by Crippen LogP contribution is -2.60. The van der Waals surface area contributed by atoms with E-state index in [1.807, 2.05) is 42.5 Å². The Morgan fingerprint density at radius 1 is 0.891 bits per heavy atom. The summed E-state index contributed by atoms with van der Waals surface area (Å²) < 4.78 is 13.4. The van der Waals surface area contributed by atoms with Crippen molar-refractivity contribution < 1.29 is 19.4 Å². The molecule has 5 aliphatic rings. The molecular weight excluding hydrogens is 574 g/mol. The van der Waals surface area contributed by atoms with Crippen LogP contribution in [0.1, 0.15) is 93.1 Å². The zero-order chi connectivity index (χ0) is 31.8. The van der Waals surface area contributed by atoms with Crippen LogP contribution in [0.2, 0.25) is 0 Å². The van der Waals surface area contributed by atoms with E-state index >= 15 is 0 Å². The number of urea groups is 1. The van der Waals surface area contributed by atoms with Gasteiger partial charge in [0.15, 0.2) is 6.29 Å². The number of likely N-dealkylation sites (N-methyl/N-ethyl adjacent to an activating group) is 1. The fourth-order valence-electron chi connectivity index (χ4n) is 9.15. The van der Waals surface area contributed by atoms with Crippen LogP contribution in [0.3, 0.4) is 0 Å². The molecule has 5 fully saturated rings. The normalized spacial score (nSPS) is 32.3. The first-order valence-electron chi connectivity index (χ1n) is 17.2. The third-order valence-electron chi connectivity index (χ3n) is 11.4. The second-order valence-corrected chi connectivity index (χ2v) is 14.7. The minimum Gasteiger partial charge on any atom is -0.392 e.